The summed E-state index contributed by atoms with van der Waals surface area (Å²) in [5.41, 5.74) is 3.62. The van der Waals surface area contributed by atoms with Crippen LogP contribution in [0.5, 0.6) is 0 Å². The Bertz CT molecular complexity index is 1450. The van der Waals surface area contributed by atoms with Gasteiger partial charge in [0.1, 0.15) is 21.4 Å². The Hall–Kier alpha value is -4.00. The number of halogens is 4. The number of aliphatic imine (C=N–C) groups is 1. The topological polar surface area (TPSA) is 132 Å². The number of hydrogen-bond donors (Lipinski definition) is 3. The number of alkyl halides is 3. The van der Waals surface area contributed by atoms with Crippen molar-refractivity contribution in [2.45, 2.75) is 38.4 Å². The molecule has 4 rings (SSSR count). The Morgan fingerprint density at radius 3 is 2.67 bits per heavy atom. The highest BCUT2D eigenvalue weighted by Gasteiger charge is 2.34. The lowest BCUT2D eigenvalue weighted by Crippen LogP contribution is -2.33. The first-order valence-electron chi connectivity index (χ1n) is 12.0. The lowest BCUT2D eigenvalue weighted by Gasteiger charge is -2.29. The van der Waals surface area contributed by atoms with E-state index in [4.69, 9.17) is 16.8 Å². The molecule has 2 amide bonds. The van der Waals surface area contributed by atoms with E-state index in [-0.39, 0.29) is 16.4 Å². The van der Waals surface area contributed by atoms with Crippen LogP contribution in [0.15, 0.2) is 57.9 Å². The van der Waals surface area contributed by atoms with E-state index in [0.29, 0.717) is 54.8 Å². The maximum atomic E-state index is 13.1. The Morgan fingerprint density at radius 1 is 1.23 bits per heavy atom. The summed E-state index contributed by atoms with van der Waals surface area (Å²) in [6.07, 6.45) is 4.07. The average molecular weight is 594 g/mol. The van der Waals surface area contributed by atoms with Crippen LogP contribution in [0.1, 0.15) is 52.5 Å². The molecule has 0 spiro atoms. The number of hydrogen-bond acceptors (Lipinski definition) is 9. The zero-order chi connectivity index (χ0) is 28.9. The number of pyridine rings is 1. The second kappa shape index (κ2) is 12.5. The molecule has 2 aromatic rings. The molecule has 2 aliphatic rings. The molecule has 0 aromatic carbocycles. The first kappa shape index (κ1) is 29.0. The molecule has 0 aliphatic carbocycles. The van der Waals surface area contributed by atoms with Crippen LogP contribution in [-0.4, -0.2) is 56.9 Å². The van der Waals surface area contributed by atoms with E-state index < -0.39 is 34.6 Å². The van der Waals surface area contributed by atoms with Gasteiger partial charge in [0, 0.05) is 50.8 Å². The van der Waals surface area contributed by atoms with Gasteiger partial charge in [-0.2, -0.15) is 13.2 Å². The van der Waals surface area contributed by atoms with Crippen molar-refractivity contribution in [3.05, 3.63) is 68.2 Å². The number of likely N-dealkylation sites (tertiary alicyclic amines) is 1. The highest BCUT2D eigenvalue weighted by atomic mass is 35.5. The maximum Gasteiger partial charge on any atom is 0.418 e. The van der Waals surface area contributed by atoms with Gasteiger partial charge >= 0.3 is 6.18 Å². The molecular formula is C25H23ClF3N7O3S. The normalized spacial score (nSPS) is 18.5. The van der Waals surface area contributed by atoms with Crippen LogP contribution < -0.4 is 10.6 Å². The van der Waals surface area contributed by atoms with E-state index in [9.17, 15) is 22.8 Å². The van der Waals surface area contributed by atoms with E-state index in [1.54, 1.807) is 19.2 Å². The Kier molecular flexibility index (Phi) is 9.03. The summed E-state index contributed by atoms with van der Waals surface area (Å²) in [6, 6.07) is 0.0437. The van der Waals surface area contributed by atoms with Crippen LogP contribution in [0.4, 0.5) is 19.0 Å². The predicted octanol–water partition coefficient (Wildman–Crippen LogP) is 4.96. The molecule has 40 heavy (non-hydrogen) atoms. The summed E-state index contributed by atoms with van der Waals surface area (Å²) in [4.78, 5) is 40.0. The molecule has 1 atom stereocenters. The zero-order valence-electron chi connectivity index (χ0n) is 21.0. The summed E-state index contributed by atoms with van der Waals surface area (Å²) < 4.78 is 39.3. The summed E-state index contributed by atoms with van der Waals surface area (Å²) in [6.45, 7) is 2.89. The highest BCUT2D eigenvalue weighted by molar-refractivity contribution is 7.13. The fourth-order valence-corrected chi connectivity index (χ4v) is 4.84. The SMILES string of the molecule is C[C@@H](NC(=O)C1=C/C(N2CCC(=NO)CC2)=C=CC/C=N\1)c1ncc(C(=O)Nc2cc(C(F)(F)F)c(Cl)cn2)s1. The van der Waals surface area contributed by atoms with Gasteiger partial charge in [-0.1, -0.05) is 22.5 Å². The number of anilines is 1. The van der Waals surface area contributed by atoms with E-state index in [2.05, 4.69) is 36.5 Å². The van der Waals surface area contributed by atoms with Crippen molar-refractivity contribution in [1.82, 2.24) is 20.2 Å². The summed E-state index contributed by atoms with van der Waals surface area (Å²) in [5, 5.41) is 17.2. The highest BCUT2D eigenvalue weighted by Crippen LogP contribution is 2.35. The third kappa shape index (κ3) is 7.14. The van der Waals surface area contributed by atoms with Crippen LogP contribution in [-0.2, 0) is 11.0 Å². The monoisotopic (exact) mass is 593 g/mol. The number of aromatic nitrogens is 2. The first-order chi connectivity index (χ1) is 19.0. The molecule has 1 saturated heterocycles. The fourth-order valence-electron chi connectivity index (χ4n) is 3.82. The van der Waals surface area contributed by atoms with Crippen molar-refractivity contribution in [3.8, 4) is 0 Å². The third-order valence-electron chi connectivity index (χ3n) is 5.90. The van der Waals surface area contributed by atoms with Gasteiger partial charge in [-0.25, -0.2) is 9.97 Å². The molecule has 0 unspecified atom stereocenters. The number of piperidine rings is 1. The fraction of sp³-hybridized carbons (Fsp3) is 0.320. The van der Waals surface area contributed by atoms with Crippen molar-refractivity contribution in [3.63, 3.8) is 0 Å². The summed E-state index contributed by atoms with van der Waals surface area (Å²) in [5.74, 6) is -1.50. The molecule has 2 aliphatic heterocycles. The number of nitrogens with zero attached hydrogens (tertiary/aromatic N) is 5. The molecular weight excluding hydrogens is 571 g/mol. The van der Waals surface area contributed by atoms with Crippen LogP contribution in [0, 0.1) is 0 Å². The van der Waals surface area contributed by atoms with Gasteiger partial charge in [-0.15, -0.1) is 11.3 Å². The smallest absolute Gasteiger partial charge is 0.411 e. The summed E-state index contributed by atoms with van der Waals surface area (Å²) in [7, 11) is 0. The number of amides is 2. The minimum Gasteiger partial charge on any atom is -0.411 e. The number of oxime groups is 1. The molecule has 4 heterocycles. The molecule has 210 valence electrons. The molecule has 1 fully saturated rings. The number of carbonyl (C=O) groups is 2. The lowest BCUT2D eigenvalue weighted by molar-refractivity contribution is -0.137. The van der Waals surface area contributed by atoms with E-state index in [1.807, 2.05) is 11.0 Å². The summed E-state index contributed by atoms with van der Waals surface area (Å²) >= 11 is 6.54. The van der Waals surface area contributed by atoms with Gasteiger partial charge in [-0.3, -0.25) is 14.6 Å². The number of carbonyl (C=O) groups excluding carboxylic acids is 2. The second-order valence-electron chi connectivity index (χ2n) is 8.72. The van der Waals surface area contributed by atoms with Gasteiger partial charge in [0.05, 0.1) is 34.2 Å². The van der Waals surface area contributed by atoms with E-state index in [0.717, 1.165) is 17.5 Å². The van der Waals surface area contributed by atoms with E-state index >= 15 is 0 Å². The Morgan fingerprint density at radius 2 is 1.98 bits per heavy atom. The first-order valence-corrected chi connectivity index (χ1v) is 13.2. The van der Waals surface area contributed by atoms with Crippen molar-refractivity contribution >= 4 is 52.5 Å². The van der Waals surface area contributed by atoms with Crippen LogP contribution >= 0.6 is 22.9 Å². The van der Waals surface area contributed by atoms with Gasteiger partial charge in [0.2, 0.25) is 0 Å². The molecule has 3 N–H and O–H groups in total. The Balaban J connectivity index is 1.42. The standard InChI is InChI=1S/C25H23ClF3N7O3S/c1-14(24-32-13-20(40-24)23(38)34-21-11-17(25(27,28)29)18(26)12-31-21)33-22(37)19-10-16(4-2-3-7-30-19)36-8-5-15(35-39)6-9-36/h2,7,10-14,39H,3,5-6,8-9H2,1H3,(H,33,37)(H,31,34,38)/b19-10-,30-7-/t4?,14-/m1/s1. The molecule has 15 heteroatoms. The van der Waals surface area contributed by atoms with Crippen molar-refractivity contribution in [2.24, 2.45) is 10.1 Å². The van der Waals surface area contributed by atoms with Gasteiger partial charge in [0.15, 0.2) is 0 Å². The van der Waals surface area contributed by atoms with Crippen LogP contribution in [0.25, 0.3) is 0 Å². The average Bonchev–Trinajstić information content (AvgIpc) is 3.40. The quantitative estimate of drug-likeness (QED) is 0.246. The van der Waals surface area contributed by atoms with Crippen molar-refractivity contribution in [2.75, 3.05) is 18.4 Å². The minimum absolute atomic E-state index is 0.107. The molecule has 10 nitrogen and oxygen atoms in total. The maximum absolute atomic E-state index is 13.1. The van der Waals surface area contributed by atoms with Gasteiger partial charge < -0.3 is 20.7 Å². The number of nitrogens with one attached hydrogen (secondary N) is 2. The molecule has 0 radical (unpaired) electrons. The van der Waals surface area contributed by atoms with Crippen molar-refractivity contribution < 1.29 is 28.0 Å². The Labute approximate surface area is 235 Å². The second-order valence-corrected chi connectivity index (χ2v) is 10.2. The number of thiazole rings is 1. The largest absolute Gasteiger partial charge is 0.418 e. The molecule has 2 aromatic heterocycles. The minimum atomic E-state index is -4.71. The lowest BCUT2D eigenvalue weighted by atomic mass is 10.1. The van der Waals surface area contributed by atoms with E-state index in [1.165, 1.54) is 6.20 Å². The predicted molar refractivity (Wildman–Crippen MR) is 144 cm³/mol. The van der Waals surface area contributed by atoms with Gasteiger partial charge in [-0.05, 0) is 19.1 Å². The van der Waals surface area contributed by atoms with Crippen LogP contribution in [0.2, 0.25) is 5.02 Å². The van der Waals surface area contributed by atoms with Crippen molar-refractivity contribution in [1.29, 1.82) is 0 Å². The molecule has 0 bridgehead atoms. The molecule has 0 saturated carbocycles. The van der Waals surface area contributed by atoms with Crippen LogP contribution in [0.3, 0.4) is 0 Å². The van der Waals surface area contributed by atoms with Gasteiger partial charge in [0.25, 0.3) is 11.8 Å². The zero-order valence-corrected chi connectivity index (χ0v) is 22.6. The third-order valence-corrected chi connectivity index (χ3v) is 7.38. The number of allylic oxidation sites excluding steroid dienone is 1. The number of rotatable bonds is 6.